The van der Waals surface area contributed by atoms with Crippen LogP contribution in [0, 0.1) is 0 Å². The van der Waals surface area contributed by atoms with Crippen molar-refractivity contribution in [3.05, 3.63) is 47.2 Å². The van der Waals surface area contributed by atoms with Gasteiger partial charge < -0.3 is 14.0 Å². The van der Waals surface area contributed by atoms with E-state index in [1.807, 2.05) is 24.4 Å². The minimum atomic E-state index is 0.124. The molecule has 0 saturated heterocycles. The monoisotopic (exact) mass is 330 g/mol. The fourth-order valence-corrected chi connectivity index (χ4v) is 2.59. The van der Waals surface area contributed by atoms with Crippen LogP contribution in [0.2, 0.25) is 0 Å². The number of carbonyl (C=O) groups is 1. The minimum Gasteiger partial charge on any atom is -0.490 e. The number of hydrogen-bond donors (Lipinski definition) is 0. The van der Waals surface area contributed by atoms with E-state index in [-0.39, 0.29) is 6.61 Å². The van der Waals surface area contributed by atoms with Gasteiger partial charge in [0.25, 0.3) is 5.89 Å². The van der Waals surface area contributed by atoms with E-state index in [1.165, 1.54) is 11.3 Å². The van der Waals surface area contributed by atoms with Gasteiger partial charge in [0.05, 0.1) is 11.5 Å². The summed E-state index contributed by atoms with van der Waals surface area (Å²) in [5.74, 6) is 1.94. The van der Waals surface area contributed by atoms with E-state index >= 15 is 0 Å². The first kappa shape index (κ1) is 15.2. The molecule has 6 nitrogen and oxygen atoms in total. The smallest absolute Gasteiger partial charge is 0.264 e. The summed E-state index contributed by atoms with van der Waals surface area (Å²) in [7, 11) is 0. The van der Waals surface area contributed by atoms with Crippen molar-refractivity contribution in [2.24, 2.45) is 0 Å². The van der Waals surface area contributed by atoms with Crippen LogP contribution < -0.4 is 9.47 Å². The Kier molecular flexibility index (Phi) is 4.68. The first-order valence-corrected chi connectivity index (χ1v) is 7.89. The molecule has 3 rings (SSSR count). The lowest BCUT2D eigenvalue weighted by Gasteiger charge is -2.10. The van der Waals surface area contributed by atoms with E-state index in [2.05, 4.69) is 10.1 Å². The van der Waals surface area contributed by atoms with E-state index in [1.54, 1.807) is 18.2 Å². The molecule has 23 heavy (non-hydrogen) atoms. The van der Waals surface area contributed by atoms with Crippen LogP contribution in [0.15, 0.2) is 40.2 Å². The first-order valence-electron chi connectivity index (χ1n) is 7.01. The predicted molar refractivity (Wildman–Crippen MR) is 84.9 cm³/mol. The Balaban J connectivity index is 1.72. The highest BCUT2D eigenvalue weighted by Crippen LogP contribution is 2.29. The van der Waals surface area contributed by atoms with Crippen LogP contribution in [-0.4, -0.2) is 23.0 Å². The molecular formula is C16H14N2O4S. The molecule has 0 N–H and O–H groups in total. The zero-order valence-corrected chi connectivity index (χ0v) is 13.2. The summed E-state index contributed by atoms with van der Waals surface area (Å²) in [6.45, 7) is 2.46. The molecule has 0 bridgehead atoms. The number of rotatable bonds is 7. The van der Waals surface area contributed by atoms with Gasteiger partial charge in [-0.3, -0.25) is 4.79 Å². The van der Waals surface area contributed by atoms with Gasteiger partial charge in [0.15, 0.2) is 18.1 Å². The first-order chi connectivity index (χ1) is 11.3. The van der Waals surface area contributed by atoms with Crippen molar-refractivity contribution in [2.45, 2.75) is 13.5 Å². The number of benzene rings is 1. The van der Waals surface area contributed by atoms with Crippen molar-refractivity contribution in [1.82, 2.24) is 10.1 Å². The molecule has 2 aromatic heterocycles. The van der Waals surface area contributed by atoms with E-state index < -0.39 is 0 Å². The van der Waals surface area contributed by atoms with Gasteiger partial charge in [-0.2, -0.15) is 4.98 Å². The van der Waals surface area contributed by atoms with Crippen LogP contribution >= 0.6 is 11.3 Å². The molecule has 0 amide bonds. The fraction of sp³-hybridized carbons (Fsp3) is 0.188. The SMILES string of the molecule is CCOc1cc(C=O)ccc1OCc1nc(-c2cccs2)no1. The van der Waals surface area contributed by atoms with Crippen molar-refractivity contribution < 1.29 is 18.8 Å². The normalized spacial score (nSPS) is 10.5. The second-order valence-electron chi connectivity index (χ2n) is 4.53. The number of aldehydes is 1. The van der Waals surface area contributed by atoms with Gasteiger partial charge in [0.1, 0.15) is 6.29 Å². The number of carbonyl (C=O) groups excluding carboxylic acids is 1. The van der Waals surface area contributed by atoms with Gasteiger partial charge >= 0.3 is 0 Å². The molecule has 0 aliphatic rings. The zero-order chi connectivity index (χ0) is 16.1. The molecule has 0 saturated carbocycles. The maximum atomic E-state index is 10.8. The van der Waals surface area contributed by atoms with Gasteiger partial charge in [0, 0.05) is 5.56 Å². The van der Waals surface area contributed by atoms with Crippen LogP contribution in [0.25, 0.3) is 10.7 Å². The van der Waals surface area contributed by atoms with Crippen molar-refractivity contribution >= 4 is 17.6 Å². The van der Waals surface area contributed by atoms with Crippen LogP contribution in [0.1, 0.15) is 23.2 Å². The van der Waals surface area contributed by atoms with Crippen LogP contribution in [-0.2, 0) is 6.61 Å². The third kappa shape index (κ3) is 3.57. The van der Waals surface area contributed by atoms with E-state index in [9.17, 15) is 4.79 Å². The lowest BCUT2D eigenvalue weighted by molar-refractivity contribution is 0.112. The molecule has 7 heteroatoms. The number of ether oxygens (including phenoxy) is 2. The Morgan fingerprint density at radius 3 is 2.91 bits per heavy atom. The van der Waals surface area contributed by atoms with Gasteiger partial charge in [-0.15, -0.1) is 11.3 Å². The minimum absolute atomic E-state index is 0.124. The molecule has 0 spiro atoms. The summed E-state index contributed by atoms with van der Waals surface area (Å²) < 4.78 is 16.3. The Morgan fingerprint density at radius 2 is 2.17 bits per heavy atom. The highest BCUT2D eigenvalue weighted by atomic mass is 32.1. The number of nitrogens with zero attached hydrogens (tertiary/aromatic N) is 2. The van der Waals surface area contributed by atoms with Gasteiger partial charge in [-0.25, -0.2) is 0 Å². The summed E-state index contributed by atoms with van der Waals surface area (Å²) >= 11 is 1.54. The molecule has 1 aromatic carbocycles. The van der Waals surface area contributed by atoms with Crippen molar-refractivity contribution in [2.75, 3.05) is 6.61 Å². The van der Waals surface area contributed by atoms with Crippen LogP contribution in [0.4, 0.5) is 0 Å². The topological polar surface area (TPSA) is 74.5 Å². The summed E-state index contributed by atoms with van der Waals surface area (Å²) in [5, 5.41) is 5.87. The molecule has 2 heterocycles. The summed E-state index contributed by atoms with van der Waals surface area (Å²) in [4.78, 5) is 16.1. The van der Waals surface area contributed by atoms with Crippen molar-refractivity contribution in [3.63, 3.8) is 0 Å². The van der Waals surface area contributed by atoms with Crippen LogP contribution in [0.3, 0.4) is 0 Å². The predicted octanol–water partition coefficient (Wildman–Crippen LogP) is 3.59. The molecule has 118 valence electrons. The second-order valence-corrected chi connectivity index (χ2v) is 5.48. The molecule has 0 aliphatic heterocycles. The maximum Gasteiger partial charge on any atom is 0.264 e. The third-order valence-electron chi connectivity index (χ3n) is 2.96. The van der Waals surface area contributed by atoms with E-state index in [0.29, 0.717) is 35.4 Å². The summed E-state index contributed by atoms with van der Waals surface area (Å²) in [6, 6.07) is 8.83. The lowest BCUT2D eigenvalue weighted by atomic mass is 10.2. The Labute approximate surface area is 136 Å². The lowest BCUT2D eigenvalue weighted by Crippen LogP contribution is -2.00. The van der Waals surface area contributed by atoms with E-state index in [0.717, 1.165) is 11.2 Å². The average Bonchev–Trinajstić information content (AvgIpc) is 3.25. The Hall–Kier alpha value is -2.67. The molecule has 0 radical (unpaired) electrons. The van der Waals surface area contributed by atoms with Crippen molar-refractivity contribution in [3.8, 4) is 22.2 Å². The molecule has 0 fully saturated rings. The fourth-order valence-electron chi connectivity index (χ4n) is 1.94. The number of aromatic nitrogens is 2. The van der Waals surface area contributed by atoms with Crippen molar-refractivity contribution in [1.29, 1.82) is 0 Å². The number of hydrogen-bond acceptors (Lipinski definition) is 7. The molecule has 3 aromatic rings. The van der Waals surface area contributed by atoms with Gasteiger partial charge in [-0.1, -0.05) is 11.2 Å². The Morgan fingerprint density at radius 1 is 1.26 bits per heavy atom. The average molecular weight is 330 g/mol. The third-order valence-corrected chi connectivity index (χ3v) is 3.83. The second kappa shape index (κ2) is 7.06. The summed E-state index contributed by atoms with van der Waals surface area (Å²) in [5.41, 5.74) is 0.526. The Bertz CT molecular complexity index is 783. The maximum absolute atomic E-state index is 10.8. The zero-order valence-electron chi connectivity index (χ0n) is 12.4. The van der Waals surface area contributed by atoms with Gasteiger partial charge in [0.2, 0.25) is 5.82 Å². The largest absolute Gasteiger partial charge is 0.490 e. The highest BCUT2D eigenvalue weighted by molar-refractivity contribution is 7.13. The van der Waals surface area contributed by atoms with Gasteiger partial charge in [-0.05, 0) is 36.6 Å². The molecule has 0 aliphatic carbocycles. The quantitative estimate of drug-likeness (QED) is 0.616. The highest BCUT2D eigenvalue weighted by Gasteiger charge is 2.12. The standard InChI is InChI=1S/C16H14N2O4S/c1-2-20-13-8-11(9-19)5-6-12(13)21-10-15-17-16(18-22-15)14-4-3-7-23-14/h3-9H,2,10H2,1H3. The van der Waals surface area contributed by atoms with Crippen LogP contribution in [0.5, 0.6) is 11.5 Å². The van der Waals surface area contributed by atoms with E-state index in [4.69, 9.17) is 14.0 Å². The molecule has 0 atom stereocenters. The molecular weight excluding hydrogens is 316 g/mol. The summed E-state index contributed by atoms with van der Waals surface area (Å²) in [6.07, 6.45) is 0.762. The number of thiophene rings is 1. The molecule has 0 unspecified atom stereocenters.